The molecule has 4 amide bonds. The second-order valence-corrected chi connectivity index (χ2v) is 3.21. The zero-order chi connectivity index (χ0) is 15.4. The number of carbonyl (C=O) groups is 2. The Morgan fingerprint density at radius 3 is 1.40 bits per heavy atom. The number of hydrogen-bond acceptors (Lipinski definition) is 8. The van der Waals surface area contributed by atoms with Gasteiger partial charge in [0.1, 0.15) is 12.1 Å². The third kappa shape index (κ3) is 2.51. The molecule has 1 aromatic rings. The van der Waals surface area contributed by atoms with Crippen molar-refractivity contribution in [2.45, 2.75) is 0 Å². The molecule has 20 heavy (non-hydrogen) atoms. The van der Waals surface area contributed by atoms with Crippen LogP contribution in [0, 0.1) is 22.7 Å². The Labute approximate surface area is 111 Å². The summed E-state index contributed by atoms with van der Waals surface area (Å²) in [4.78, 5) is 29.3. The molecule has 0 radical (unpaired) electrons. The van der Waals surface area contributed by atoms with Gasteiger partial charge in [0.05, 0.1) is 0 Å². The summed E-state index contributed by atoms with van der Waals surface area (Å²) >= 11 is 0. The molecular weight excluding hydrogens is 268 g/mol. The van der Waals surface area contributed by atoms with Crippen molar-refractivity contribution in [3.05, 3.63) is 11.4 Å². The van der Waals surface area contributed by atoms with Gasteiger partial charge in [-0.05, 0) is 0 Å². The maximum Gasteiger partial charge on any atom is 0.335 e. The Balaban J connectivity index is 3.62. The van der Waals surface area contributed by atoms with Gasteiger partial charge in [-0.25, -0.2) is 41.3 Å². The van der Waals surface area contributed by atoms with Crippen LogP contribution in [0.5, 0.6) is 0 Å². The van der Waals surface area contributed by atoms with Crippen molar-refractivity contribution < 1.29 is 9.59 Å². The van der Waals surface area contributed by atoms with Crippen LogP contribution >= 0.6 is 0 Å². The van der Waals surface area contributed by atoms with E-state index in [0.717, 1.165) is 0 Å². The van der Waals surface area contributed by atoms with Gasteiger partial charge in [-0.15, -0.1) is 0 Å². The molecule has 102 valence electrons. The number of hydrazine groups is 2. The standard InChI is InChI=1S/C8H8N10O2/c9-1-3-4(2-10)16-6(18(14)8(12)20)5(15-3)17(13)7(11)19/h13-14H2,(H2,11,19)(H2,12,20). The molecule has 0 unspecified atom stereocenters. The summed E-state index contributed by atoms with van der Waals surface area (Å²) in [7, 11) is 0. The predicted octanol–water partition coefficient (Wildman–Crippen LogP) is -2.26. The summed E-state index contributed by atoms with van der Waals surface area (Å²) in [5.74, 6) is 9.63. The van der Waals surface area contributed by atoms with Crippen LogP contribution in [0.15, 0.2) is 0 Å². The Bertz CT molecular complexity index is 599. The lowest BCUT2D eigenvalue weighted by Gasteiger charge is -2.20. The number of rotatable bonds is 2. The van der Waals surface area contributed by atoms with E-state index in [9.17, 15) is 9.59 Å². The van der Waals surface area contributed by atoms with Crippen molar-refractivity contribution in [3.63, 3.8) is 0 Å². The van der Waals surface area contributed by atoms with Crippen molar-refractivity contribution in [3.8, 4) is 12.1 Å². The minimum absolute atomic E-state index is 0.299. The summed E-state index contributed by atoms with van der Waals surface area (Å²) in [6.45, 7) is 0. The zero-order valence-electron chi connectivity index (χ0n) is 9.81. The van der Waals surface area contributed by atoms with Crippen LogP contribution in [-0.4, -0.2) is 22.0 Å². The normalized spacial score (nSPS) is 9.20. The highest BCUT2D eigenvalue weighted by atomic mass is 16.2. The molecule has 0 saturated carbocycles. The van der Waals surface area contributed by atoms with E-state index in [1.54, 1.807) is 12.1 Å². The molecule has 1 rings (SSSR count). The Hall–Kier alpha value is -3.48. The van der Waals surface area contributed by atoms with E-state index in [-0.39, 0.29) is 0 Å². The molecule has 1 aromatic heterocycles. The molecule has 0 aliphatic rings. The number of carbonyl (C=O) groups excluding carboxylic acids is 2. The van der Waals surface area contributed by atoms with Gasteiger partial charge in [0.25, 0.3) is 0 Å². The largest absolute Gasteiger partial charge is 0.350 e. The molecule has 0 fully saturated rings. The van der Waals surface area contributed by atoms with Crippen LogP contribution in [0.1, 0.15) is 11.4 Å². The van der Waals surface area contributed by atoms with Crippen molar-refractivity contribution in [1.82, 2.24) is 9.97 Å². The fraction of sp³-hybridized carbons (Fsp3) is 0. The topological polar surface area (TPSA) is 218 Å². The molecule has 0 spiro atoms. The maximum atomic E-state index is 11.0. The predicted molar refractivity (Wildman–Crippen MR) is 64.0 cm³/mol. The van der Waals surface area contributed by atoms with Crippen LogP contribution in [0.2, 0.25) is 0 Å². The Morgan fingerprint density at radius 1 is 0.900 bits per heavy atom. The minimum Gasteiger partial charge on any atom is -0.350 e. The smallest absolute Gasteiger partial charge is 0.335 e. The molecular formula is C8H8N10O2. The molecule has 0 bridgehead atoms. The number of urea groups is 2. The lowest BCUT2D eigenvalue weighted by atomic mass is 10.3. The molecule has 12 nitrogen and oxygen atoms in total. The van der Waals surface area contributed by atoms with Crippen LogP contribution in [0.3, 0.4) is 0 Å². The van der Waals surface area contributed by atoms with Crippen molar-refractivity contribution in [2.75, 3.05) is 10.0 Å². The number of anilines is 2. The van der Waals surface area contributed by atoms with Crippen molar-refractivity contribution in [1.29, 1.82) is 10.5 Å². The highest BCUT2D eigenvalue weighted by molar-refractivity contribution is 5.96. The van der Waals surface area contributed by atoms with Gasteiger partial charge in [0.2, 0.25) is 0 Å². The monoisotopic (exact) mass is 276 g/mol. The summed E-state index contributed by atoms with van der Waals surface area (Å²) < 4.78 is 0. The van der Waals surface area contributed by atoms with Gasteiger partial charge < -0.3 is 11.5 Å². The van der Waals surface area contributed by atoms with Gasteiger partial charge in [0, 0.05) is 0 Å². The van der Waals surface area contributed by atoms with E-state index in [2.05, 4.69) is 9.97 Å². The minimum atomic E-state index is -1.16. The second kappa shape index (κ2) is 5.44. The molecule has 0 aliphatic carbocycles. The first-order valence-electron chi connectivity index (χ1n) is 4.74. The molecule has 1 heterocycles. The maximum absolute atomic E-state index is 11.0. The van der Waals surface area contributed by atoms with Crippen molar-refractivity contribution >= 4 is 23.7 Å². The lowest BCUT2D eigenvalue weighted by molar-refractivity contribution is 0.252. The number of primary amides is 2. The first-order valence-corrected chi connectivity index (χ1v) is 4.74. The number of nitrogens with two attached hydrogens (primary N) is 4. The van der Waals surface area contributed by atoms with Crippen LogP contribution in [0.25, 0.3) is 0 Å². The van der Waals surface area contributed by atoms with Crippen molar-refractivity contribution in [2.24, 2.45) is 23.2 Å². The second-order valence-electron chi connectivity index (χ2n) is 3.21. The summed E-state index contributed by atoms with van der Waals surface area (Å²) in [6.07, 6.45) is 0. The number of nitrogens with zero attached hydrogens (tertiary/aromatic N) is 6. The van der Waals surface area contributed by atoms with E-state index in [0.29, 0.717) is 10.0 Å². The zero-order valence-corrected chi connectivity index (χ0v) is 9.81. The first kappa shape index (κ1) is 14.6. The molecule has 0 saturated heterocycles. The van der Waals surface area contributed by atoms with E-state index in [4.69, 9.17) is 33.7 Å². The summed E-state index contributed by atoms with van der Waals surface area (Å²) in [5, 5.41) is 18.2. The fourth-order valence-electron chi connectivity index (χ4n) is 1.11. The van der Waals surface area contributed by atoms with Gasteiger partial charge in [0.15, 0.2) is 23.0 Å². The average Bonchev–Trinajstić information content (AvgIpc) is 2.43. The number of amides is 4. The lowest BCUT2D eigenvalue weighted by Crippen LogP contribution is -2.47. The summed E-state index contributed by atoms with van der Waals surface area (Å²) in [6, 6.07) is 0.820. The molecule has 0 aromatic carbocycles. The Kier molecular flexibility index (Phi) is 3.97. The van der Waals surface area contributed by atoms with Gasteiger partial charge in [-0.1, -0.05) is 0 Å². The van der Waals surface area contributed by atoms with E-state index in [1.165, 1.54) is 0 Å². The van der Waals surface area contributed by atoms with Gasteiger partial charge >= 0.3 is 12.1 Å². The van der Waals surface area contributed by atoms with Gasteiger partial charge in [-0.3, -0.25) is 0 Å². The number of nitriles is 2. The Morgan fingerprint density at radius 2 is 1.20 bits per heavy atom. The van der Waals surface area contributed by atoms with E-state index < -0.39 is 35.1 Å². The van der Waals surface area contributed by atoms with Crippen LogP contribution in [-0.2, 0) is 0 Å². The SMILES string of the molecule is N#Cc1nc(N(N)C(N)=O)c(N(N)C(N)=O)nc1C#N. The highest BCUT2D eigenvalue weighted by Crippen LogP contribution is 2.23. The van der Waals surface area contributed by atoms with Crippen LogP contribution < -0.4 is 33.2 Å². The van der Waals surface area contributed by atoms with Gasteiger partial charge in [-0.2, -0.15) is 10.5 Å². The highest BCUT2D eigenvalue weighted by Gasteiger charge is 2.24. The van der Waals surface area contributed by atoms with E-state index in [1.807, 2.05) is 0 Å². The molecule has 12 heteroatoms. The molecule has 0 aliphatic heterocycles. The van der Waals surface area contributed by atoms with E-state index >= 15 is 0 Å². The van der Waals surface area contributed by atoms with Crippen LogP contribution in [0.4, 0.5) is 21.2 Å². The first-order chi connectivity index (χ1) is 9.33. The quantitative estimate of drug-likeness (QED) is 0.261. The number of aromatic nitrogens is 2. The third-order valence-electron chi connectivity index (χ3n) is 2.00. The molecule has 8 N–H and O–H groups in total. The fourth-order valence-corrected chi connectivity index (χ4v) is 1.11. The summed E-state index contributed by atoms with van der Waals surface area (Å²) in [5.41, 5.74) is 9.03. The average molecular weight is 276 g/mol. The number of hydrogen-bond donors (Lipinski definition) is 4. The molecule has 0 atom stereocenters. The third-order valence-corrected chi connectivity index (χ3v) is 2.00.